The van der Waals surface area contributed by atoms with Crippen LogP contribution in [0.1, 0.15) is 51.2 Å². The van der Waals surface area contributed by atoms with Gasteiger partial charge in [-0.05, 0) is 17.7 Å². The molecule has 3 aromatic heterocycles. The van der Waals surface area contributed by atoms with Crippen LogP contribution < -0.4 is 16.6 Å². The summed E-state index contributed by atoms with van der Waals surface area (Å²) in [5, 5.41) is 21.0. The summed E-state index contributed by atoms with van der Waals surface area (Å²) < 4.78 is 7.19. The molecule has 0 aliphatic carbocycles. The molecule has 0 fully saturated rings. The number of anilines is 1. The number of amides is 2. The number of aromatic nitrogens is 5. The number of nitrogens with two attached hydrogens (primary N) is 1. The van der Waals surface area contributed by atoms with Gasteiger partial charge >= 0.3 is 0 Å². The number of benzene rings is 1. The van der Waals surface area contributed by atoms with Crippen LogP contribution in [0.15, 0.2) is 58.3 Å². The lowest BCUT2D eigenvalue weighted by molar-refractivity contribution is 0.0986. The maximum Gasteiger partial charge on any atom is 0.296 e. The van der Waals surface area contributed by atoms with Crippen LogP contribution >= 0.6 is 11.6 Å². The summed E-state index contributed by atoms with van der Waals surface area (Å²) >= 11 is 6.49. The Labute approximate surface area is 202 Å². The van der Waals surface area contributed by atoms with Crippen molar-refractivity contribution in [2.45, 2.75) is 18.9 Å². The number of nitrogens with one attached hydrogen (secondary N) is 1. The molecule has 0 saturated carbocycles. The molecule has 0 saturated heterocycles. The predicted molar refractivity (Wildman–Crippen MR) is 124 cm³/mol. The zero-order chi connectivity index (χ0) is 25.3. The molecule has 180 valence electrons. The van der Waals surface area contributed by atoms with Gasteiger partial charge in [-0.15, -0.1) is 0 Å². The fourth-order valence-electron chi connectivity index (χ4n) is 3.83. The molecule has 0 aliphatic heterocycles. The number of rotatable bonds is 7. The Bertz CT molecular complexity index is 1460. The molecule has 0 bridgehead atoms. The first-order valence-corrected chi connectivity index (χ1v) is 10.7. The van der Waals surface area contributed by atoms with Crippen LogP contribution in [0.25, 0.3) is 0 Å². The summed E-state index contributed by atoms with van der Waals surface area (Å²) in [5.74, 6) is -2.95. The summed E-state index contributed by atoms with van der Waals surface area (Å²) in [4.78, 5) is 42.0. The second-order valence-corrected chi connectivity index (χ2v) is 8.09. The Morgan fingerprint density at radius 1 is 1.26 bits per heavy atom. The number of nitrogens with zero attached hydrogens (tertiary/aromatic N) is 5. The Kier molecular flexibility index (Phi) is 6.38. The molecule has 2 atom stereocenters. The molecule has 35 heavy (non-hydrogen) atoms. The highest BCUT2D eigenvalue weighted by Crippen LogP contribution is 2.37. The lowest BCUT2D eigenvalue weighted by atomic mass is 9.93. The lowest BCUT2D eigenvalue weighted by Gasteiger charge is -2.28. The van der Waals surface area contributed by atoms with E-state index in [9.17, 15) is 19.5 Å². The summed E-state index contributed by atoms with van der Waals surface area (Å²) in [5.41, 5.74) is 5.11. The molecule has 3 heterocycles. The average molecular weight is 498 g/mol. The van der Waals surface area contributed by atoms with Gasteiger partial charge in [0.2, 0.25) is 5.75 Å². The Morgan fingerprint density at radius 3 is 2.66 bits per heavy atom. The highest BCUT2D eigenvalue weighted by molar-refractivity contribution is 6.31. The van der Waals surface area contributed by atoms with Crippen molar-refractivity contribution in [3.63, 3.8) is 0 Å². The fraction of sp³-hybridized carbons (Fsp3) is 0.182. The number of hydrogen-bond acceptors (Lipinski definition) is 8. The monoisotopic (exact) mass is 497 g/mol. The molecule has 4 N–H and O–H groups in total. The van der Waals surface area contributed by atoms with Crippen molar-refractivity contribution in [3.8, 4) is 5.75 Å². The molecule has 4 rings (SSSR count). The maximum absolute atomic E-state index is 12.8. The van der Waals surface area contributed by atoms with E-state index in [1.165, 1.54) is 36.5 Å². The number of hydrogen-bond donors (Lipinski definition) is 3. The number of carbonyl (C=O) groups is 2. The molecule has 0 spiro atoms. The van der Waals surface area contributed by atoms with Gasteiger partial charge in [-0.2, -0.15) is 5.10 Å². The lowest BCUT2D eigenvalue weighted by Crippen LogP contribution is -2.32. The molecule has 0 aliphatic rings. The minimum absolute atomic E-state index is 0.107. The number of primary amides is 1. The van der Waals surface area contributed by atoms with E-state index in [1.807, 2.05) is 0 Å². The van der Waals surface area contributed by atoms with E-state index in [0.29, 0.717) is 10.6 Å². The molecule has 1 aromatic carbocycles. The highest BCUT2D eigenvalue weighted by atomic mass is 35.5. The fourth-order valence-corrected chi connectivity index (χ4v) is 4.08. The third-order valence-corrected chi connectivity index (χ3v) is 5.84. The standard InChI is InChI=1S/C22H20ClN7O5/c1-11(17(13-5-3-4-6-14(13)23)30-15(19(24)32)7-8-25-30)20-28-16(18(31)22(34)29(20)2)21(33)27-12-9-26-35-10-12/h3-11,17,31H,1-2H3,(H2,24,32)(H,27,33)/t11-,17+/m0/s1. The van der Waals surface area contributed by atoms with Crippen molar-refractivity contribution in [1.29, 1.82) is 0 Å². The minimum Gasteiger partial charge on any atom is -0.501 e. The van der Waals surface area contributed by atoms with E-state index in [1.54, 1.807) is 31.2 Å². The third-order valence-electron chi connectivity index (χ3n) is 5.50. The quantitative estimate of drug-likeness (QED) is 0.348. The van der Waals surface area contributed by atoms with E-state index >= 15 is 0 Å². The van der Waals surface area contributed by atoms with E-state index in [2.05, 4.69) is 25.1 Å². The van der Waals surface area contributed by atoms with Crippen molar-refractivity contribution in [2.24, 2.45) is 12.8 Å². The summed E-state index contributed by atoms with van der Waals surface area (Å²) in [6, 6.07) is 7.62. The van der Waals surface area contributed by atoms with Gasteiger partial charge in [0, 0.05) is 24.2 Å². The molecule has 0 unspecified atom stereocenters. The van der Waals surface area contributed by atoms with Gasteiger partial charge in [0.25, 0.3) is 17.4 Å². The van der Waals surface area contributed by atoms with Gasteiger partial charge in [0.1, 0.15) is 23.5 Å². The number of carbonyl (C=O) groups excluding carboxylic acids is 2. The number of aromatic hydroxyl groups is 1. The highest BCUT2D eigenvalue weighted by Gasteiger charge is 2.32. The van der Waals surface area contributed by atoms with Crippen LogP contribution in [0.4, 0.5) is 5.69 Å². The van der Waals surface area contributed by atoms with Gasteiger partial charge in [0.15, 0.2) is 5.69 Å². The Morgan fingerprint density at radius 2 is 2.00 bits per heavy atom. The van der Waals surface area contributed by atoms with E-state index < -0.39 is 40.8 Å². The van der Waals surface area contributed by atoms with E-state index in [0.717, 1.165) is 4.57 Å². The van der Waals surface area contributed by atoms with Gasteiger partial charge in [0.05, 0.1) is 12.2 Å². The predicted octanol–water partition coefficient (Wildman–Crippen LogP) is 2.07. The molecule has 0 radical (unpaired) electrons. The van der Waals surface area contributed by atoms with Gasteiger partial charge < -0.3 is 20.7 Å². The van der Waals surface area contributed by atoms with Gasteiger partial charge in [-0.1, -0.05) is 41.9 Å². The van der Waals surface area contributed by atoms with Crippen LogP contribution in [0.5, 0.6) is 5.75 Å². The summed E-state index contributed by atoms with van der Waals surface area (Å²) in [7, 11) is 1.41. The van der Waals surface area contributed by atoms with Crippen LogP contribution in [0, 0.1) is 0 Å². The molecule has 13 heteroatoms. The average Bonchev–Trinajstić information content (AvgIpc) is 3.51. The second-order valence-electron chi connectivity index (χ2n) is 7.68. The van der Waals surface area contributed by atoms with Crippen molar-refractivity contribution in [1.82, 2.24) is 24.5 Å². The molecule has 4 aromatic rings. The number of halogens is 1. The van der Waals surface area contributed by atoms with Crippen molar-refractivity contribution >= 4 is 29.1 Å². The van der Waals surface area contributed by atoms with Gasteiger partial charge in [-0.3, -0.25) is 23.6 Å². The van der Waals surface area contributed by atoms with Crippen molar-refractivity contribution < 1.29 is 19.2 Å². The minimum atomic E-state index is -0.844. The largest absolute Gasteiger partial charge is 0.501 e. The summed E-state index contributed by atoms with van der Waals surface area (Å²) in [6.45, 7) is 1.72. The normalized spacial score (nSPS) is 12.8. The smallest absolute Gasteiger partial charge is 0.296 e. The topological polar surface area (TPSA) is 171 Å². The molecular weight excluding hydrogens is 478 g/mol. The van der Waals surface area contributed by atoms with Crippen LogP contribution in [0.3, 0.4) is 0 Å². The van der Waals surface area contributed by atoms with E-state index in [4.69, 9.17) is 17.3 Å². The SMILES string of the molecule is C[C@H](c1nc(C(=O)Nc2cnoc2)c(O)c(=O)n1C)[C@H](c1ccccc1Cl)n1nccc1C(N)=O. The van der Waals surface area contributed by atoms with Crippen molar-refractivity contribution in [2.75, 3.05) is 5.32 Å². The van der Waals surface area contributed by atoms with Crippen LogP contribution in [0.2, 0.25) is 5.02 Å². The molecule has 12 nitrogen and oxygen atoms in total. The summed E-state index contributed by atoms with van der Waals surface area (Å²) in [6.07, 6.45) is 3.84. The van der Waals surface area contributed by atoms with E-state index in [-0.39, 0.29) is 17.2 Å². The van der Waals surface area contributed by atoms with Crippen molar-refractivity contribution in [3.05, 3.63) is 87.1 Å². The zero-order valence-electron chi connectivity index (χ0n) is 18.5. The third kappa shape index (κ3) is 4.38. The molecule has 2 amide bonds. The van der Waals surface area contributed by atoms with Crippen LogP contribution in [-0.2, 0) is 7.05 Å². The first kappa shape index (κ1) is 23.7. The van der Waals surface area contributed by atoms with Gasteiger partial charge in [-0.25, -0.2) is 4.98 Å². The first-order chi connectivity index (χ1) is 16.7. The zero-order valence-corrected chi connectivity index (χ0v) is 19.3. The Balaban J connectivity index is 1.88. The molecular formula is C22H20ClN7O5. The Hall–Kier alpha value is -4.45. The van der Waals surface area contributed by atoms with Crippen LogP contribution in [-0.4, -0.2) is 41.4 Å². The second kappa shape index (κ2) is 9.43. The first-order valence-electron chi connectivity index (χ1n) is 10.3. The maximum atomic E-state index is 12.8.